The first-order valence-electron chi connectivity index (χ1n) is 5.68. The smallest absolute Gasteiger partial charge is 0.0601 e. The van der Waals surface area contributed by atoms with Crippen LogP contribution in [0.5, 0.6) is 0 Å². The average molecular weight is 215 g/mol. The SMILES string of the molecule is COC1CC(NCC#Cc2ccccc2)C1. The molecule has 1 aromatic carbocycles. The summed E-state index contributed by atoms with van der Waals surface area (Å²) in [7, 11) is 1.77. The number of hydrogen-bond acceptors (Lipinski definition) is 2. The van der Waals surface area contributed by atoms with Crippen molar-refractivity contribution >= 4 is 0 Å². The highest BCUT2D eigenvalue weighted by molar-refractivity contribution is 5.33. The molecule has 84 valence electrons. The van der Waals surface area contributed by atoms with Gasteiger partial charge < -0.3 is 10.1 Å². The molecule has 0 aromatic heterocycles. The predicted molar refractivity (Wildman–Crippen MR) is 65.1 cm³/mol. The zero-order valence-corrected chi connectivity index (χ0v) is 9.57. The lowest BCUT2D eigenvalue weighted by molar-refractivity contribution is 0.0186. The summed E-state index contributed by atoms with van der Waals surface area (Å²) in [6.07, 6.45) is 2.69. The Morgan fingerprint density at radius 2 is 2.06 bits per heavy atom. The number of nitrogens with one attached hydrogen (secondary N) is 1. The molecule has 2 nitrogen and oxygen atoms in total. The van der Waals surface area contributed by atoms with Crippen LogP contribution in [0.15, 0.2) is 30.3 Å². The van der Waals surface area contributed by atoms with Crippen molar-refractivity contribution in [3.8, 4) is 11.8 Å². The Labute approximate surface area is 97.0 Å². The fraction of sp³-hybridized carbons (Fsp3) is 0.429. The van der Waals surface area contributed by atoms with Gasteiger partial charge in [-0.1, -0.05) is 30.0 Å². The van der Waals surface area contributed by atoms with E-state index in [2.05, 4.69) is 17.2 Å². The molecule has 1 aromatic rings. The molecule has 2 heteroatoms. The van der Waals surface area contributed by atoms with Crippen molar-refractivity contribution in [3.63, 3.8) is 0 Å². The summed E-state index contributed by atoms with van der Waals surface area (Å²) < 4.78 is 5.22. The Morgan fingerprint density at radius 3 is 2.75 bits per heavy atom. The molecule has 0 amide bonds. The van der Waals surface area contributed by atoms with Gasteiger partial charge in [-0.3, -0.25) is 0 Å². The van der Waals surface area contributed by atoms with Gasteiger partial charge in [-0.05, 0) is 25.0 Å². The highest BCUT2D eigenvalue weighted by atomic mass is 16.5. The summed E-state index contributed by atoms with van der Waals surface area (Å²) >= 11 is 0. The highest BCUT2D eigenvalue weighted by Crippen LogP contribution is 2.21. The van der Waals surface area contributed by atoms with Crippen LogP contribution in [0.1, 0.15) is 18.4 Å². The monoisotopic (exact) mass is 215 g/mol. The molecule has 0 saturated heterocycles. The minimum atomic E-state index is 0.458. The Hall–Kier alpha value is -1.30. The largest absolute Gasteiger partial charge is 0.381 e. The molecule has 0 aliphatic heterocycles. The van der Waals surface area contributed by atoms with Crippen LogP contribution in [-0.2, 0) is 4.74 Å². The second-order valence-electron chi connectivity index (χ2n) is 4.07. The van der Waals surface area contributed by atoms with Gasteiger partial charge in [0.2, 0.25) is 0 Å². The lowest BCUT2D eigenvalue weighted by atomic mass is 9.89. The van der Waals surface area contributed by atoms with E-state index in [9.17, 15) is 0 Å². The van der Waals surface area contributed by atoms with Gasteiger partial charge in [-0.15, -0.1) is 0 Å². The lowest BCUT2D eigenvalue weighted by Gasteiger charge is -2.34. The number of rotatable bonds is 3. The van der Waals surface area contributed by atoms with Crippen LogP contribution in [-0.4, -0.2) is 25.8 Å². The van der Waals surface area contributed by atoms with Crippen LogP contribution in [0.3, 0.4) is 0 Å². The fourth-order valence-electron chi connectivity index (χ4n) is 1.79. The Kier molecular flexibility index (Phi) is 3.98. The van der Waals surface area contributed by atoms with Crippen molar-refractivity contribution in [3.05, 3.63) is 35.9 Å². The van der Waals surface area contributed by atoms with Crippen molar-refractivity contribution < 1.29 is 4.74 Å². The van der Waals surface area contributed by atoms with Crippen LogP contribution >= 0.6 is 0 Å². The van der Waals surface area contributed by atoms with Crippen molar-refractivity contribution in [1.82, 2.24) is 5.32 Å². The minimum Gasteiger partial charge on any atom is -0.381 e. The quantitative estimate of drug-likeness (QED) is 0.776. The number of hydrogen-bond donors (Lipinski definition) is 1. The molecule has 2 rings (SSSR count). The van der Waals surface area contributed by atoms with E-state index in [0.29, 0.717) is 12.1 Å². The molecular formula is C14H17NO. The molecular weight excluding hydrogens is 198 g/mol. The third kappa shape index (κ3) is 3.10. The van der Waals surface area contributed by atoms with Gasteiger partial charge in [0, 0.05) is 18.7 Å². The second-order valence-corrected chi connectivity index (χ2v) is 4.07. The molecule has 1 fully saturated rings. The summed E-state index contributed by atoms with van der Waals surface area (Å²) in [6, 6.07) is 10.7. The van der Waals surface area contributed by atoms with E-state index in [1.54, 1.807) is 7.11 Å². The van der Waals surface area contributed by atoms with Crippen LogP contribution in [0.25, 0.3) is 0 Å². The maximum atomic E-state index is 5.22. The lowest BCUT2D eigenvalue weighted by Crippen LogP contribution is -2.45. The first-order valence-corrected chi connectivity index (χ1v) is 5.68. The third-order valence-corrected chi connectivity index (χ3v) is 2.91. The van der Waals surface area contributed by atoms with Gasteiger partial charge in [0.1, 0.15) is 0 Å². The first-order chi connectivity index (χ1) is 7.88. The predicted octanol–water partition coefficient (Wildman–Crippen LogP) is 1.81. The Morgan fingerprint density at radius 1 is 1.31 bits per heavy atom. The van der Waals surface area contributed by atoms with Crippen molar-refractivity contribution in [2.75, 3.05) is 13.7 Å². The number of methoxy groups -OCH3 is 1. The second kappa shape index (κ2) is 5.69. The third-order valence-electron chi connectivity index (χ3n) is 2.91. The molecule has 0 spiro atoms. The molecule has 0 heterocycles. The molecule has 0 radical (unpaired) electrons. The van der Waals surface area contributed by atoms with Gasteiger partial charge in [0.25, 0.3) is 0 Å². The van der Waals surface area contributed by atoms with E-state index in [1.165, 1.54) is 0 Å². The summed E-state index contributed by atoms with van der Waals surface area (Å²) in [5.74, 6) is 6.26. The summed E-state index contributed by atoms with van der Waals surface area (Å²) in [4.78, 5) is 0. The molecule has 0 unspecified atom stereocenters. The molecule has 0 bridgehead atoms. The van der Waals surface area contributed by atoms with Crippen LogP contribution in [0.2, 0.25) is 0 Å². The maximum absolute atomic E-state index is 5.22. The maximum Gasteiger partial charge on any atom is 0.0601 e. The van der Waals surface area contributed by atoms with Gasteiger partial charge in [0.05, 0.1) is 12.6 Å². The normalized spacial score (nSPS) is 23.1. The van der Waals surface area contributed by atoms with Gasteiger partial charge in [-0.25, -0.2) is 0 Å². The highest BCUT2D eigenvalue weighted by Gasteiger charge is 2.27. The van der Waals surface area contributed by atoms with Crippen molar-refractivity contribution in [1.29, 1.82) is 0 Å². The Balaban J connectivity index is 1.67. The van der Waals surface area contributed by atoms with E-state index in [4.69, 9.17) is 4.74 Å². The first kappa shape index (κ1) is 11.2. The average Bonchev–Trinajstić information content (AvgIpc) is 2.28. The van der Waals surface area contributed by atoms with Gasteiger partial charge in [0.15, 0.2) is 0 Å². The molecule has 1 N–H and O–H groups in total. The van der Waals surface area contributed by atoms with Gasteiger partial charge in [-0.2, -0.15) is 0 Å². The van der Waals surface area contributed by atoms with E-state index >= 15 is 0 Å². The zero-order valence-electron chi connectivity index (χ0n) is 9.57. The Bertz CT molecular complexity index is 371. The molecule has 1 aliphatic carbocycles. The van der Waals surface area contributed by atoms with E-state index in [0.717, 1.165) is 24.9 Å². The van der Waals surface area contributed by atoms with Crippen molar-refractivity contribution in [2.24, 2.45) is 0 Å². The zero-order chi connectivity index (χ0) is 11.2. The minimum absolute atomic E-state index is 0.458. The summed E-state index contributed by atoms with van der Waals surface area (Å²) in [5, 5.41) is 3.40. The molecule has 1 saturated carbocycles. The summed E-state index contributed by atoms with van der Waals surface area (Å²) in [6.45, 7) is 0.760. The van der Waals surface area contributed by atoms with E-state index < -0.39 is 0 Å². The molecule has 1 aliphatic rings. The van der Waals surface area contributed by atoms with Crippen molar-refractivity contribution in [2.45, 2.75) is 25.0 Å². The topological polar surface area (TPSA) is 21.3 Å². The molecule has 0 atom stereocenters. The van der Waals surface area contributed by atoms with Crippen LogP contribution in [0, 0.1) is 11.8 Å². The summed E-state index contributed by atoms with van der Waals surface area (Å²) in [5.41, 5.74) is 1.08. The number of benzene rings is 1. The van der Waals surface area contributed by atoms with E-state index in [-0.39, 0.29) is 0 Å². The number of ether oxygens (including phenoxy) is 1. The fourth-order valence-corrected chi connectivity index (χ4v) is 1.79. The van der Waals surface area contributed by atoms with E-state index in [1.807, 2.05) is 30.3 Å². The standard InChI is InChI=1S/C14H17NO/c1-16-14-10-13(11-14)15-9-5-8-12-6-3-2-4-7-12/h2-4,6-7,13-15H,9-11H2,1H3. The van der Waals surface area contributed by atoms with Gasteiger partial charge >= 0.3 is 0 Å². The van der Waals surface area contributed by atoms with Crippen LogP contribution in [0.4, 0.5) is 0 Å². The molecule has 16 heavy (non-hydrogen) atoms. The van der Waals surface area contributed by atoms with Crippen LogP contribution < -0.4 is 5.32 Å².